The van der Waals surface area contributed by atoms with Crippen molar-refractivity contribution in [3.63, 3.8) is 0 Å². The van der Waals surface area contributed by atoms with Gasteiger partial charge in [0.25, 0.3) is 0 Å². The summed E-state index contributed by atoms with van der Waals surface area (Å²) in [6.07, 6.45) is 8.49. The van der Waals surface area contributed by atoms with Gasteiger partial charge in [0, 0.05) is 39.1 Å². The highest BCUT2D eigenvalue weighted by atomic mass is 16.3. The Kier molecular flexibility index (Phi) is 7.76. The minimum Gasteiger partial charge on any atom is -0.469 e. The first-order valence-electron chi connectivity index (χ1n) is 9.66. The van der Waals surface area contributed by atoms with Gasteiger partial charge in [-0.2, -0.15) is 0 Å². The Morgan fingerprint density at radius 3 is 1.58 bits per heavy atom. The van der Waals surface area contributed by atoms with E-state index in [9.17, 15) is 0 Å². The van der Waals surface area contributed by atoms with Crippen molar-refractivity contribution in [3.05, 3.63) is 48.3 Å². The lowest BCUT2D eigenvalue weighted by Crippen LogP contribution is -2.55. The molecule has 1 aliphatic heterocycles. The molecule has 6 heteroatoms. The van der Waals surface area contributed by atoms with Crippen LogP contribution in [0.5, 0.6) is 0 Å². The molecule has 0 atom stereocenters. The van der Waals surface area contributed by atoms with Crippen molar-refractivity contribution < 1.29 is 13.9 Å². The highest BCUT2D eigenvalue weighted by Crippen LogP contribution is 2.12. The largest absolute Gasteiger partial charge is 0.469 e. The Balaban J connectivity index is 1.43. The zero-order chi connectivity index (χ0) is 18.0. The Labute approximate surface area is 156 Å². The number of rotatable bonds is 11. The number of furan rings is 2. The SMILES string of the molecule is OCCCN1CN(CCCc2ccco2)CN(CCCc2ccco2)C1. The Bertz CT molecular complexity index is 537. The minimum absolute atomic E-state index is 0.257. The molecule has 3 rings (SSSR count). The van der Waals surface area contributed by atoms with Crippen molar-refractivity contribution in [1.82, 2.24) is 14.7 Å². The standard InChI is InChI=1S/C20H31N3O3/c24-13-5-12-23-17-21(10-1-6-19-8-3-14-25-19)16-22(18-23)11-2-7-20-9-4-15-26-20/h3-4,8-9,14-15,24H,1-2,5-7,10-13,16-18H2. The van der Waals surface area contributed by atoms with Crippen LogP contribution < -0.4 is 0 Å². The van der Waals surface area contributed by atoms with Crippen molar-refractivity contribution in [2.45, 2.75) is 32.1 Å². The Hall–Kier alpha value is -1.60. The van der Waals surface area contributed by atoms with Gasteiger partial charge >= 0.3 is 0 Å². The fourth-order valence-electron chi connectivity index (χ4n) is 3.56. The zero-order valence-corrected chi connectivity index (χ0v) is 15.6. The van der Waals surface area contributed by atoms with E-state index < -0.39 is 0 Å². The van der Waals surface area contributed by atoms with Gasteiger partial charge in [-0.3, -0.25) is 14.7 Å². The number of aliphatic hydroxyl groups excluding tert-OH is 1. The lowest BCUT2D eigenvalue weighted by Gasteiger charge is -2.42. The van der Waals surface area contributed by atoms with Crippen LogP contribution >= 0.6 is 0 Å². The minimum atomic E-state index is 0.257. The highest BCUT2D eigenvalue weighted by molar-refractivity contribution is 4.98. The van der Waals surface area contributed by atoms with E-state index in [0.29, 0.717) is 0 Å². The molecule has 1 saturated heterocycles. The Morgan fingerprint density at radius 1 is 0.731 bits per heavy atom. The second kappa shape index (κ2) is 10.5. The molecule has 0 radical (unpaired) electrons. The third-order valence-electron chi connectivity index (χ3n) is 4.79. The van der Waals surface area contributed by atoms with E-state index in [1.807, 2.05) is 24.3 Å². The van der Waals surface area contributed by atoms with Crippen molar-refractivity contribution in [1.29, 1.82) is 0 Å². The molecule has 0 unspecified atom stereocenters. The number of aliphatic hydroxyl groups is 1. The van der Waals surface area contributed by atoms with Crippen LogP contribution in [-0.2, 0) is 12.8 Å². The molecular formula is C20H31N3O3. The Morgan fingerprint density at radius 2 is 1.19 bits per heavy atom. The van der Waals surface area contributed by atoms with Gasteiger partial charge in [-0.1, -0.05) is 0 Å². The van der Waals surface area contributed by atoms with Crippen molar-refractivity contribution >= 4 is 0 Å². The molecule has 1 N–H and O–H groups in total. The van der Waals surface area contributed by atoms with Crippen LogP contribution in [0.2, 0.25) is 0 Å². The average molecular weight is 361 g/mol. The van der Waals surface area contributed by atoms with Crippen LogP contribution in [0.15, 0.2) is 45.6 Å². The van der Waals surface area contributed by atoms with Crippen LogP contribution in [0, 0.1) is 0 Å². The van der Waals surface area contributed by atoms with E-state index in [0.717, 1.165) is 83.3 Å². The molecular weight excluding hydrogens is 330 g/mol. The number of nitrogens with zero attached hydrogens (tertiary/aromatic N) is 3. The summed E-state index contributed by atoms with van der Waals surface area (Å²) in [6.45, 7) is 6.29. The fraction of sp³-hybridized carbons (Fsp3) is 0.600. The maximum atomic E-state index is 9.15. The van der Waals surface area contributed by atoms with E-state index in [4.69, 9.17) is 13.9 Å². The zero-order valence-electron chi connectivity index (χ0n) is 15.6. The first kappa shape index (κ1) is 19.2. The molecule has 0 aliphatic carbocycles. The number of hydrogen-bond donors (Lipinski definition) is 1. The van der Waals surface area contributed by atoms with Gasteiger partial charge in [-0.15, -0.1) is 0 Å². The van der Waals surface area contributed by atoms with E-state index in [1.54, 1.807) is 12.5 Å². The topological polar surface area (TPSA) is 56.2 Å². The summed E-state index contributed by atoms with van der Waals surface area (Å²) < 4.78 is 10.9. The van der Waals surface area contributed by atoms with Gasteiger partial charge in [-0.25, -0.2) is 0 Å². The summed E-state index contributed by atoms with van der Waals surface area (Å²) in [7, 11) is 0. The lowest BCUT2D eigenvalue weighted by molar-refractivity contribution is -0.0320. The first-order valence-corrected chi connectivity index (χ1v) is 9.66. The molecule has 0 aromatic carbocycles. The van der Waals surface area contributed by atoms with Crippen molar-refractivity contribution in [2.24, 2.45) is 0 Å². The van der Waals surface area contributed by atoms with Crippen LogP contribution in [0.4, 0.5) is 0 Å². The molecule has 2 aromatic heterocycles. The molecule has 26 heavy (non-hydrogen) atoms. The summed E-state index contributed by atoms with van der Waals surface area (Å²) in [4.78, 5) is 7.42. The summed E-state index contributed by atoms with van der Waals surface area (Å²) in [5, 5.41) is 9.15. The third kappa shape index (κ3) is 6.29. The van der Waals surface area contributed by atoms with Gasteiger partial charge in [0.05, 0.1) is 32.5 Å². The number of aryl methyl sites for hydroxylation is 2. The summed E-state index contributed by atoms with van der Waals surface area (Å²) in [5.41, 5.74) is 0. The molecule has 0 saturated carbocycles. The second-order valence-electron chi connectivity index (χ2n) is 7.05. The molecule has 1 aliphatic rings. The smallest absolute Gasteiger partial charge is 0.103 e. The molecule has 2 aromatic rings. The quantitative estimate of drug-likeness (QED) is 0.664. The van der Waals surface area contributed by atoms with Crippen LogP contribution in [-0.4, -0.2) is 66.1 Å². The molecule has 0 amide bonds. The summed E-state index contributed by atoms with van der Waals surface area (Å²) in [6, 6.07) is 8.00. The van der Waals surface area contributed by atoms with Crippen molar-refractivity contribution in [3.8, 4) is 0 Å². The van der Waals surface area contributed by atoms with Gasteiger partial charge < -0.3 is 13.9 Å². The van der Waals surface area contributed by atoms with Gasteiger partial charge in [0.1, 0.15) is 11.5 Å². The van der Waals surface area contributed by atoms with Gasteiger partial charge in [-0.05, 0) is 43.5 Å². The predicted octanol–water partition coefficient (Wildman–Crippen LogP) is 2.61. The number of hydrogen-bond acceptors (Lipinski definition) is 6. The van der Waals surface area contributed by atoms with Gasteiger partial charge in [0.15, 0.2) is 0 Å². The molecule has 144 valence electrons. The monoisotopic (exact) mass is 361 g/mol. The molecule has 6 nitrogen and oxygen atoms in total. The van der Waals surface area contributed by atoms with Crippen LogP contribution in [0.3, 0.4) is 0 Å². The van der Waals surface area contributed by atoms with Gasteiger partial charge in [0.2, 0.25) is 0 Å². The third-order valence-corrected chi connectivity index (χ3v) is 4.79. The summed E-state index contributed by atoms with van der Waals surface area (Å²) >= 11 is 0. The van der Waals surface area contributed by atoms with E-state index in [1.165, 1.54) is 0 Å². The van der Waals surface area contributed by atoms with Crippen LogP contribution in [0.25, 0.3) is 0 Å². The molecule has 0 spiro atoms. The lowest BCUT2D eigenvalue weighted by atomic mass is 10.2. The predicted molar refractivity (Wildman–Crippen MR) is 100 cm³/mol. The normalized spacial score (nSPS) is 17.1. The highest BCUT2D eigenvalue weighted by Gasteiger charge is 2.22. The average Bonchev–Trinajstić information content (AvgIpc) is 3.34. The second-order valence-corrected chi connectivity index (χ2v) is 7.05. The fourth-order valence-corrected chi connectivity index (χ4v) is 3.56. The first-order chi connectivity index (χ1) is 12.8. The molecule has 3 heterocycles. The molecule has 0 bridgehead atoms. The maximum Gasteiger partial charge on any atom is 0.103 e. The molecule has 1 fully saturated rings. The van der Waals surface area contributed by atoms with Crippen molar-refractivity contribution in [2.75, 3.05) is 46.2 Å². The van der Waals surface area contributed by atoms with E-state index in [2.05, 4.69) is 14.7 Å². The van der Waals surface area contributed by atoms with Crippen LogP contribution in [0.1, 0.15) is 30.8 Å². The van der Waals surface area contributed by atoms with E-state index >= 15 is 0 Å². The van der Waals surface area contributed by atoms with E-state index in [-0.39, 0.29) is 6.61 Å². The summed E-state index contributed by atoms with van der Waals surface area (Å²) in [5.74, 6) is 2.13. The maximum absolute atomic E-state index is 9.15.